The van der Waals surface area contributed by atoms with E-state index in [-0.39, 0.29) is 11.9 Å². The van der Waals surface area contributed by atoms with Crippen molar-refractivity contribution in [2.45, 2.75) is 50.7 Å². The molecule has 0 saturated carbocycles. The van der Waals surface area contributed by atoms with Crippen molar-refractivity contribution in [1.82, 2.24) is 9.91 Å². The van der Waals surface area contributed by atoms with E-state index in [4.69, 9.17) is 5.73 Å². The zero-order valence-electron chi connectivity index (χ0n) is 11.5. The Morgan fingerprint density at radius 1 is 1.37 bits per heavy atom. The summed E-state index contributed by atoms with van der Waals surface area (Å²) >= 11 is 0. The Kier molecular flexibility index (Phi) is 4.14. The first-order valence-electron chi connectivity index (χ1n) is 6.55. The molecule has 2 fully saturated rings. The van der Waals surface area contributed by atoms with Crippen LogP contribution in [-0.4, -0.2) is 53.6 Å². The molecule has 6 nitrogen and oxygen atoms in total. The molecular formula is C12H21FN6. The van der Waals surface area contributed by atoms with Crippen LogP contribution < -0.4 is 5.73 Å². The second-order valence-electron chi connectivity index (χ2n) is 5.23. The van der Waals surface area contributed by atoms with Crippen LogP contribution in [0.2, 0.25) is 0 Å². The molecule has 2 unspecified atom stereocenters. The first-order valence-corrected chi connectivity index (χ1v) is 6.55. The number of guanidine groups is 1. The average molecular weight is 268 g/mol. The van der Waals surface area contributed by atoms with E-state index in [9.17, 15) is 4.48 Å². The highest BCUT2D eigenvalue weighted by molar-refractivity contribution is 5.94. The summed E-state index contributed by atoms with van der Waals surface area (Å²) in [7, 11) is 1.76. The van der Waals surface area contributed by atoms with Crippen molar-refractivity contribution < 1.29 is 4.48 Å². The quantitative estimate of drug-likeness (QED) is 0.440. The highest BCUT2D eigenvalue weighted by Crippen LogP contribution is 2.35. The van der Waals surface area contributed by atoms with Crippen molar-refractivity contribution in [2.24, 2.45) is 21.0 Å². The third-order valence-electron chi connectivity index (χ3n) is 3.89. The van der Waals surface area contributed by atoms with Gasteiger partial charge in [0.25, 0.3) is 0 Å². The molecule has 0 aromatic rings. The maximum absolute atomic E-state index is 12.3. The van der Waals surface area contributed by atoms with E-state index in [1.165, 1.54) is 6.92 Å². The van der Waals surface area contributed by atoms with E-state index in [1.54, 1.807) is 12.1 Å². The van der Waals surface area contributed by atoms with E-state index >= 15 is 0 Å². The molecule has 2 heterocycles. The van der Waals surface area contributed by atoms with Crippen LogP contribution in [0.25, 0.3) is 0 Å². The number of halogens is 1. The molecule has 2 rings (SSSR count). The lowest BCUT2D eigenvalue weighted by Crippen LogP contribution is -2.53. The van der Waals surface area contributed by atoms with Crippen molar-refractivity contribution >= 4 is 18.5 Å². The first-order chi connectivity index (χ1) is 9.06. The summed E-state index contributed by atoms with van der Waals surface area (Å²) in [5.74, 6) is 0.688. The van der Waals surface area contributed by atoms with Gasteiger partial charge < -0.3 is 10.6 Å². The van der Waals surface area contributed by atoms with Gasteiger partial charge in [0.05, 0.1) is 0 Å². The fraction of sp³-hybridized carbons (Fsp3) is 0.750. The van der Waals surface area contributed by atoms with Crippen molar-refractivity contribution in [2.75, 3.05) is 7.05 Å². The molecule has 2 bridgehead atoms. The molecule has 2 aliphatic rings. The number of piperidine rings is 1. The van der Waals surface area contributed by atoms with Gasteiger partial charge in [0.2, 0.25) is 5.96 Å². The number of hydrogen-bond donors (Lipinski definition) is 1. The summed E-state index contributed by atoms with van der Waals surface area (Å²) < 4.78 is 12.3. The van der Waals surface area contributed by atoms with Gasteiger partial charge in [0.1, 0.15) is 0 Å². The van der Waals surface area contributed by atoms with Crippen molar-refractivity contribution in [3.05, 3.63) is 0 Å². The lowest BCUT2D eigenvalue weighted by molar-refractivity contribution is 0.194. The molecule has 0 spiro atoms. The molecule has 0 amide bonds. The minimum Gasteiger partial charge on any atom is -0.335 e. The Morgan fingerprint density at radius 2 is 1.95 bits per heavy atom. The van der Waals surface area contributed by atoms with Crippen LogP contribution in [0.1, 0.15) is 32.6 Å². The van der Waals surface area contributed by atoms with Gasteiger partial charge >= 0.3 is 0 Å². The topological polar surface area (TPSA) is 69.6 Å². The molecule has 2 aliphatic heterocycles. The minimum absolute atomic E-state index is 0.0831. The number of rotatable bonds is 1. The van der Waals surface area contributed by atoms with Crippen molar-refractivity contribution in [3.8, 4) is 0 Å². The van der Waals surface area contributed by atoms with Crippen LogP contribution in [0.15, 0.2) is 15.3 Å². The number of fused-ring (bicyclic) bond motifs is 2. The third-order valence-corrected chi connectivity index (χ3v) is 3.89. The van der Waals surface area contributed by atoms with E-state index < -0.39 is 0 Å². The van der Waals surface area contributed by atoms with Crippen LogP contribution in [0.3, 0.4) is 0 Å². The number of hydrogen-bond acceptors (Lipinski definition) is 3. The summed E-state index contributed by atoms with van der Waals surface area (Å²) in [6, 6.07) is 0.946. The number of nitrogens with zero attached hydrogens (tertiary/aromatic N) is 5. The first kappa shape index (κ1) is 13.9. The van der Waals surface area contributed by atoms with Crippen LogP contribution in [0.5, 0.6) is 0 Å². The Morgan fingerprint density at radius 3 is 2.42 bits per heavy atom. The molecule has 0 aromatic heterocycles. The molecule has 0 aromatic carbocycles. The van der Waals surface area contributed by atoms with Gasteiger partial charge in [0, 0.05) is 31.9 Å². The number of nitrogens with two attached hydrogens (primary N) is 1. The highest BCUT2D eigenvalue weighted by Gasteiger charge is 2.42. The second kappa shape index (κ2) is 5.64. The van der Waals surface area contributed by atoms with Gasteiger partial charge in [-0.3, -0.25) is 0 Å². The summed E-state index contributed by atoms with van der Waals surface area (Å²) in [6.45, 7) is 5.03. The van der Waals surface area contributed by atoms with E-state index in [2.05, 4.69) is 26.9 Å². The molecule has 19 heavy (non-hydrogen) atoms. The van der Waals surface area contributed by atoms with E-state index in [0.29, 0.717) is 18.0 Å². The van der Waals surface area contributed by atoms with Crippen molar-refractivity contribution in [3.63, 3.8) is 0 Å². The number of aliphatic imine (C=N–C) groups is 1. The highest BCUT2D eigenvalue weighted by atomic mass is 19.2. The minimum atomic E-state index is 0.0831. The Hall–Kier alpha value is -1.50. The van der Waals surface area contributed by atoms with Crippen LogP contribution in [-0.2, 0) is 0 Å². The maximum atomic E-state index is 12.3. The zero-order valence-corrected chi connectivity index (χ0v) is 11.5. The summed E-state index contributed by atoms with van der Waals surface area (Å²) in [6.07, 6.45) is 4.06. The second-order valence-corrected chi connectivity index (χ2v) is 5.23. The predicted molar refractivity (Wildman–Crippen MR) is 74.8 cm³/mol. The molecular weight excluding hydrogens is 247 g/mol. The van der Waals surface area contributed by atoms with Crippen LogP contribution in [0, 0.1) is 0 Å². The van der Waals surface area contributed by atoms with E-state index in [1.807, 2.05) is 0 Å². The van der Waals surface area contributed by atoms with Gasteiger partial charge in [-0.25, -0.2) is 5.01 Å². The Labute approximate surface area is 112 Å². The summed E-state index contributed by atoms with van der Waals surface area (Å²) in [5, 5.41) is 8.05. The number of amidine groups is 1. The molecule has 2 N–H and O–H groups in total. The average Bonchev–Trinajstić information content (AvgIpc) is 2.66. The van der Waals surface area contributed by atoms with Crippen LogP contribution >= 0.6 is 0 Å². The Bertz CT molecular complexity index is 393. The molecule has 2 saturated heterocycles. The molecule has 0 aliphatic carbocycles. The maximum Gasteiger partial charge on any atom is 0.224 e. The lowest BCUT2D eigenvalue weighted by Gasteiger charge is -2.41. The fourth-order valence-corrected chi connectivity index (χ4v) is 3.07. The Balaban J connectivity index is 2.29. The predicted octanol–water partition coefficient (Wildman–Crippen LogP) is 1.15. The van der Waals surface area contributed by atoms with E-state index in [0.717, 1.165) is 25.7 Å². The zero-order chi connectivity index (χ0) is 14.0. The number of hydrazone groups is 1. The summed E-state index contributed by atoms with van der Waals surface area (Å²) in [5.41, 5.74) is 6.05. The third kappa shape index (κ3) is 2.75. The fourth-order valence-electron chi connectivity index (χ4n) is 3.07. The smallest absolute Gasteiger partial charge is 0.224 e. The van der Waals surface area contributed by atoms with Gasteiger partial charge in [-0.15, -0.1) is 0 Å². The molecule has 0 radical (unpaired) electrons. The van der Waals surface area contributed by atoms with Crippen molar-refractivity contribution in [1.29, 1.82) is 0 Å². The van der Waals surface area contributed by atoms with Gasteiger partial charge in [0.15, 0.2) is 5.84 Å². The largest absolute Gasteiger partial charge is 0.335 e. The molecule has 3 atom stereocenters. The summed E-state index contributed by atoms with van der Waals surface area (Å²) in [4.78, 5) is 6.43. The van der Waals surface area contributed by atoms with Gasteiger partial charge in [-0.05, 0) is 32.6 Å². The monoisotopic (exact) mass is 268 g/mol. The van der Waals surface area contributed by atoms with Gasteiger partial charge in [-0.2, -0.15) is 10.1 Å². The molecule has 7 heteroatoms. The SMILES string of the molecule is C=NN(C)/C(=N\C(C)=N/F)N1C2CC[C@H]1CC(N)C2. The van der Waals surface area contributed by atoms with Gasteiger partial charge in [-0.1, -0.05) is 9.70 Å². The lowest BCUT2D eigenvalue weighted by atomic mass is 9.98. The molecule has 106 valence electrons. The standard InChI is InChI=1S/C12H21FN6/c1-8(17-13)16-12(18(3)15-2)19-10-4-5-11(19)7-9(14)6-10/h9-11H,2,4-7,14H2,1,3H3/b16-12+,17-8-/t9?,10-,11?/m0/s1. The normalized spacial score (nSPS) is 31.6. The van der Waals surface area contributed by atoms with Crippen LogP contribution in [0.4, 0.5) is 4.48 Å².